The molecule has 2 heterocycles. The van der Waals surface area contributed by atoms with Crippen molar-refractivity contribution in [3.8, 4) is 0 Å². The van der Waals surface area contributed by atoms with Crippen LogP contribution in [-0.4, -0.2) is 48.3 Å². The van der Waals surface area contributed by atoms with Crippen LogP contribution in [0.25, 0.3) is 0 Å². The first kappa shape index (κ1) is 23.1. The number of thioether (sulfide) groups is 1. The summed E-state index contributed by atoms with van der Waals surface area (Å²) in [5, 5.41) is 0. The van der Waals surface area contributed by atoms with Gasteiger partial charge in [0, 0.05) is 31.1 Å². The molecule has 1 aromatic carbocycles. The van der Waals surface area contributed by atoms with E-state index in [1.54, 1.807) is 12.5 Å². The zero-order chi connectivity index (χ0) is 22.2. The number of allylic oxidation sites excluding steroid dienone is 4. The summed E-state index contributed by atoms with van der Waals surface area (Å²) < 4.78 is 11.8. The first-order valence-electron chi connectivity index (χ1n) is 12.0. The summed E-state index contributed by atoms with van der Waals surface area (Å²) in [6, 6.07) is 8.85. The molecule has 0 spiro atoms. The fraction of sp³-hybridized carbons (Fsp3) is 0.481. The number of rotatable bonds is 9. The third-order valence-electron chi connectivity index (χ3n) is 6.25. The van der Waals surface area contributed by atoms with E-state index in [9.17, 15) is 0 Å². The van der Waals surface area contributed by atoms with E-state index < -0.39 is 0 Å². The summed E-state index contributed by atoms with van der Waals surface area (Å²) in [5.74, 6) is 3.46. The van der Waals surface area contributed by atoms with Gasteiger partial charge in [-0.25, -0.2) is 0 Å². The molecule has 1 saturated heterocycles. The quantitative estimate of drug-likeness (QED) is 0.325. The van der Waals surface area contributed by atoms with Gasteiger partial charge in [-0.3, -0.25) is 4.90 Å². The van der Waals surface area contributed by atoms with Crippen LogP contribution < -0.4 is 0 Å². The molecular weight excluding hydrogens is 416 g/mol. The van der Waals surface area contributed by atoms with Gasteiger partial charge in [0.1, 0.15) is 6.26 Å². The van der Waals surface area contributed by atoms with Crippen molar-refractivity contribution in [3.63, 3.8) is 0 Å². The molecule has 4 rings (SSSR count). The van der Waals surface area contributed by atoms with E-state index in [4.69, 9.17) is 9.47 Å². The van der Waals surface area contributed by atoms with E-state index >= 15 is 0 Å². The highest BCUT2D eigenvalue weighted by Gasteiger charge is 2.22. The molecule has 0 aromatic heterocycles. The third-order valence-corrected chi connectivity index (χ3v) is 7.43. The van der Waals surface area contributed by atoms with E-state index in [0.717, 1.165) is 50.7 Å². The summed E-state index contributed by atoms with van der Waals surface area (Å²) in [6.07, 6.45) is 14.5. The number of piperazine rings is 1. The van der Waals surface area contributed by atoms with Gasteiger partial charge >= 0.3 is 0 Å². The fourth-order valence-corrected chi connectivity index (χ4v) is 5.51. The molecule has 0 amide bonds. The zero-order valence-electron chi connectivity index (χ0n) is 19.5. The van der Waals surface area contributed by atoms with Crippen LogP contribution in [0.4, 0.5) is 0 Å². The smallest absolute Gasteiger partial charge is 0.231 e. The molecule has 5 heteroatoms. The Hall–Kier alpha value is -2.11. The van der Waals surface area contributed by atoms with Crippen molar-refractivity contribution in [1.82, 2.24) is 9.80 Å². The number of nitrogens with zero attached hydrogens (tertiary/aromatic N) is 2. The van der Waals surface area contributed by atoms with Crippen LogP contribution in [0.3, 0.4) is 0 Å². The van der Waals surface area contributed by atoms with Crippen LogP contribution in [0.1, 0.15) is 51.0 Å². The minimum atomic E-state index is 0.590. The number of ether oxygens (including phenoxy) is 2. The standard InChI is InChI=1S/C27H36N2O2S/c1-22(2)24-12-6-7-13-26(24)32-19-9-8-14-28-15-17-29(18-16-28)27-21-30-25(20-31-27)23-10-4-3-5-11-23/h3-4,6-7,10,12-13,20-22H,5,8-9,11,14-19H2,1-2H3. The number of unbranched alkanes of at least 4 members (excludes halogenated alkanes) is 1. The van der Waals surface area contributed by atoms with Gasteiger partial charge in [-0.1, -0.05) is 50.3 Å². The van der Waals surface area contributed by atoms with E-state index in [-0.39, 0.29) is 0 Å². The number of hydrogen-bond donors (Lipinski definition) is 0. The van der Waals surface area contributed by atoms with Gasteiger partial charge in [0.25, 0.3) is 0 Å². The minimum Gasteiger partial charge on any atom is -0.456 e. The Morgan fingerprint density at radius 1 is 1.00 bits per heavy atom. The molecule has 0 atom stereocenters. The van der Waals surface area contributed by atoms with E-state index in [2.05, 4.69) is 66.1 Å². The SMILES string of the molecule is CC(C)c1ccccc1SCCCCN1CCN(C2=COC(C3=CC=CCC3)=CO2)CC1. The molecule has 172 valence electrons. The Balaban J connectivity index is 1.12. The maximum atomic E-state index is 5.91. The normalized spacial score (nSPS) is 19.2. The molecule has 0 unspecified atom stereocenters. The van der Waals surface area contributed by atoms with Gasteiger partial charge in [0.2, 0.25) is 5.88 Å². The lowest BCUT2D eigenvalue weighted by Gasteiger charge is -2.36. The Labute approximate surface area is 197 Å². The lowest BCUT2D eigenvalue weighted by Crippen LogP contribution is -2.46. The van der Waals surface area contributed by atoms with Crippen molar-refractivity contribution in [2.24, 2.45) is 0 Å². The lowest BCUT2D eigenvalue weighted by atomic mass is 10.0. The second-order valence-electron chi connectivity index (χ2n) is 8.91. The van der Waals surface area contributed by atoms with Crippen molar-refractivity contribution in [3.05, 3.63) is 77.8 Å². The molecule has 0 saturated carbocycles. The monoisotopic (exact) mass is 452 g/mol. The molecule has 1 fully saturated rings. The highest BCUT2D eigenvalue weighted by Crippen LogP contribution is 2.29. The van der Waals surface area contributed by atoms with Crippen LogP contribution >= 0.6 is 11.8 Å². The fourth-order valence-electron chi connectivity index (χ4n) is 4.29. The third kappa shape index (κ3) is 6.23. The van der Waals surface area contributed by atoms with Gasteiger partial charge in [-0.2, -0.15) is 0 Å². The van der Waals surface area contributed by atoms with Crippen LogP contribution in [-0.2, 0) is 9.47 Å². The van der Waals surface area contributed by atoms with Crippen LogP contribution in [0.2, 0.25) is 0 Å². The average molecular weight is 453 g/mol. The topological polar surface area (TPSA) is 24.9 Å². The average Bonchev–Trinajstić information content (AvgIpc) is 2.85. The Morgan fingerprint density at radius 2 is 1.84 bits per heavy atom. The molecule has 0 N–H and O–H groups in total. The molecule has 3 aliphatic rings. The van der Waals surface area contributed by atoms with Crippen LogP contribution in [0, 0.1) is 0 Å². The second kappa shape index (κ2) is 11.7. The summed E-state index contributed by atoms with van der Waals surface area (Å²) in [7, 11) is 0. The molecule has 4 nitrogen and oxygen atoms in total. The predicted molar refractivity (Wildman–Crippen MR) is 133 cm³/mol. The van der Waals surface area contributed by atoms with E-state index in [1.165, 1.54) is 41.2 Å². The number of benzene rings is 1. The van der Waals surface area contributed by atoms with E-state index in [0.29, 0.717) is 5.92 Å². The Kier molecular flexibility index (Phi) is 8.41. The summed E-state index contributed by atoms with van der Waals surface area (Å²) in [4.78, 5) is 6.32. The molecule has 2 aliphatic heterocycles. The Morgan fingerprint density at radius 3 is 2.56 bits per heavy atom. The van der Waals surface area contributed by atoms with Gasteiger partial charge in [-0.15, -0.1) is 11.8 Å². The van der Waals surface area contributed by atoms with Crippen LogP contribution in [0.5, 0.6) is 0 Å². The summed E-state index contributed by atoms with van der Waals surface area (Å²) in [6.45, 7) is 9.87. The van der Waals surface area contributed by atoms with Gasteiger partial charge in [-0.05, 0) is 61.1 Å². The molecule has 0 bridgehead atoms. The molecule has 1 aliphatic carbocycles. The predicted octanol–water partition coefficient (Wildman–Crippen LogP) is 6.26. The molecular formula is C27H36N2O2S. The first-order valence-corrected chi connectivity index (χ1v) is 13.0. The summed E-state index contributed by atoms with van der Waals surface area (Å²) in [5.41, 5.74) is 2.68. The van der Waals surface area contributed by atoms with Crippen molar-refractivity contribution < 1.29 is 9.47 Å². The first-order chi connectivity index (χ1) is 15.7. The minimum absolute atomic E-state index is 0.590. The van der Waals surface area contributed by atoms with Crippen molar-refractivity contribution in [2.75, 3.05) is 38.5 Å². The lowest BCUT2D eigenvalue weighted by molar-refractivity contribution is 0.0841. The van der Waals surface area contributed by atoms with Gasteiger partial charge < -0.3 is 14.4 Å². The Bertz CT molecular complexity index is 879. The maximum absolute atomic E-state index is 5.91. The second-order valence-corrected chi connectivity index (χ2v) is 10.0. The molecule has 32 heavy (non-hydrogen) atoms. The van der Waals surface area contributed by atoms with Crippen molar-refractivity contribution in [2.45, 2.75) is 50.3 Å². The molecule has 0 radical (unpaired) electrons. The number of hydrogen-bond acceptors (Lipinski definition) is 5. The van der Waals surface area contributed by atoms with Gasteiger partial charge in [0.05, 0.1) is 0 Å². The van der Waals surface area contributed by atoms with Gasteiger partial charge in [0.15, 0.2) is 12.0 Å². The largest absolute Gasteiger partial charge is 0.456 e. The van der Waals surface area contributed by atoms with Crippen molar-refractivity contribution in [1.29, 1.82) is 0 Å². The summed E-state index contributed by atoms with van der Waals surface area (Å²) >= 11 is 2.01. The maximum Gasteiger partial charge on any atom is 0.231 e. The van der Waals surface area contributed by atoms with Crippen LogP contribution in [0.15, 0.2) is 77.1 Å². The zero-order valence-corrected chi connectivity index (χ0v) is 20.3. The highest BCUT2D eigenvalue weighted by molar-refractivity contribution is 7.99. The van der Waals surface area contributed by atoms with E-state index in [1.807, 2.05) is 11.8 Å². The van der Waals surface area contributed by atoms with Crippen molar-refractivity contribution >= 4 is 11.8 Å². The highest BCUT2D eigenvalue weighted by atomic mass is 32.2. The molecule has 1 aromatic rings.